The Bertz CT molecular complexity index is 3360. The lowest BCUT2D eigenvalue weighted by molar-refractivity contribution is 1.07. The van der Waals surface area contributed by atoms with E-state index in [4.69, 9.17) is 29.9 Å². The summed E-state index contributed by atoms with van der Waals surface area (Å²) in [6.45, 7) is 0. The summed E-state index contributed by atoms with van der Waals surface area (Å²) in [6, 6.07) is 74.3. The quantitative estimate of drug-likeness (QED) is 0.135. The third-order valence-electron chi connectivity index (χ3n) is 11.6. The maximum absolute atomic E-state index is 5.19. The van der Waals surface area contributed by atoms with Gasteiger partial charge in [-0.05, 0) is 57.6 Å². The first-order valence-electron chi connectivity index (χ1n) is 21.8. The Hall–Kier alpha value is -9.07. The molecule has 0 saturated heterocycles. The van der Waals surface area contributed by atoms with Crippen molar-refractivity contribution in [3.05, 3.63) is 237 Å². The number of pyridine rings is 2. The van der Waals surface area contributed by atoms with E-state index < -0.39 is 0 Å². The summed E-state index contributed by atoms with van der Waals surface area (Å²) < 4.78 is 0. The van der Waals surface area contributed by atoms with E-state index in [9.17, 15) is 0 Å². The lowest BCUT2D eigenvalue weighted by Gasteiger charge is -2.18. The Balaban J connectivity index is 1.04. The molecule has 0 unspecified atom stereocenters. The van der Waals surface area contributed by atoms with Gasteiger partial charge in [-0.25, -0.2) is 24.9 Å². The van der Waals surface area contributed by atoms with Crippen LogP contribution in [0.5, 0.6) is 0 Å². The average molecular weight is 846 g/mol. The van der Waals surface area contributed by atoms with Crippen molar-refractivity contribution in [3.63, 3.8) is 0 Å². The van der Waals surface area contributed by atoms with Gasteiger partial charge in [-0.3, -0.25) is 9.97 Å². The first kappa shape index (κ1) is 39.8. The molecule has 310 valence electrons. The van der Waals surface area contributed by atoms with Gasteiger partial charge in [-0.2, -0.15) is 0 Å². The Morgan fingerprint density at radius 2 is 0.712 bits per heavy atom. The molecule has 7 nitrogen and oxygen atoms in total. The van der Waals surface area contributed by atoms with Gasteiger partial charge < -0.3 is 0 Å². The normalized spacial score (nSPS) is 11.0. The van der Waals surface area contributed by atoms with E-state index >= 15 is 0 Å². The van der Waals surface area contributed by atoms with Gasteiger partial charge in [0, 0.05) is 57.5 Å². The van der Waals surface area contributed by atoms with Crippen molar-refractivity contribution in [1.29, 1.82) is 0 Å². The molecular formula is C59H39N7. The third-order valence-corrected chi connectivity index (χ3v) is 11.6. The number of rotatable bonds is 10. The molecule has 0 amide bonds. The summed E-state index contributed by atoms with van der Waals surface area (Å²) >= 11 is 0. The Kier molecular flexibility index (Phi) is 10.8. The predicted molar refractivity (Wildman–Crippen MR) is 265 cm³/mol. The molecule has 4 heterocycles. The van der Waals surface area contributed by atoms with Crippen LogP contribution in [-0.2, 0) is 0 Å². The van der Waals surface area contributed by atoms with E-state index in [1.807, 2.05) is 116 Å². The number of nitrogens with zero attached hydrogens (tertiary/aromatic N) is 7. The summed E-state index contributed by atoms with van der Waals surface area (Å²) in [6.07, 6.45) is 5.50. The summed E-state index contributed by atoms with van der Waals surface area (Å²) in [5.74, 6) is 2.45. The van der Waals surface area contributed by atoms with E-state index in [2.05, 4.69) is 120 Å². The Morgan fingerprint density at radius 1 is 0.242 bits per heavy atom. The van der Waals surface area contributed by atoms with Crippen LogP contribution in [0.25, 0.3) is 113 Å². The molecule has 0 radical (unpaired) electrons. The van der Waals surface area contributed by atoms with Gasteiger partial charge in [0.15, 0.2) is 23.3 Å². The van der Waals surface area contributed by atoms with Crippen molar-refractivity contribution in [2.24, 2.45) is 0 Å². The fourth-order valence-corrected chi connectivity index (χ4v) is 8.30. The molecule has 0 spiro atoms. The van der Waals surface area contributed by atoms with Crippen molar-refractivity contribution < 1.29 is 0 Å². The smallest absolute Gasteiger partial charge is 0.164 e. The first-order valence-corrected chi connectivity index (χ1v) is 21.8. The molecule has 0 N–H and O–H groups in total. The van der Waals surface area contributed by atoms with E-state index in [1.165, 1.54) is 0 Å². The molecule has 4 aromatic heterocycles. The Morgan fingerprint density at radius 3 is 1.33 bits per heavy atom. The van der Waals surface area contributed by atoms with Gasteiger partial charge in [0.1, 0.15) is 0 Å². The number of aromatic nitrogens is 7. The highest BCUT2D eigenvalue weighted by Crippen LogP contribution is 2.43. The van der Waals surface area contributed by atoms with E-state index in [1.54, 1.807) is 6.20 Å². The van der Waals surface area contributed by atoms with Crippen LogP contribution in [0.15, 0.2) is 237 Å². The van der Waals surface area contributed by atoms with Gasteiger partial charge >= 0.3 is 0 Å². The summed E-state index contributed by atoms with van der Waals surface area (Å²) in [4.78, 5) is 34.7. The molecular weight excluding hydrogens is 807 g/mol. The predicted octanol–water partition coefficient (Wildman–Crippen LogP) is 14.1. The van der Waals surface area contributed by atoms with E-state index in [0.29, 0.717) is 23.3 Å². The number of hydrogen-bond donors (Lipinski definition) is 0. The monoisotopic (exact) mass is 845 g/mol. The zero-order chi connectivity index (χ0) is 44.1. The van der Waals surface area contributed by atoms with Crippen molar-refractivity contribution >= 4 is 0 Å². The molecule has 7 aromatic carbocycles. The van der Waals surface area contributed by atoms with E-state index in [-0.39, 0.29) is 0 Å². The molecule has 0 fully saturated rings. The lowest BCUT2D eigenvalue weighted by atomic mass is 9.87. The fraction of sp³-hybridized carbons (Fsp3) is 0. The third kappa shape index (κ3) is 8.16. The second kappa shape index (κ2) is 18.0. The molecule has 11 aromatic rings. The van der Waals surface area contributed by atoms with Crippen LogP contribution in [0.3, 0.4) is 0 Å². The average Bonchev–Trinajstić information content (AvgIpc) is 3.42. The second-order valence-corrected chi connectivity index (χ2v) is 15.8. The van der Waals surface area contributed by atoms with Gasteiger partial charge in [0.2, 0.25) is 0 Å². The lowest BCUT2D eigenvalue weighted by Crippen LogP contribution is -2.01. The number of hydrogen-bond acceptors (Lipinski definition) is 7. The van der Waals surface area contributed by atoms with Crippen molar-refractivity contribution in [3.8, 4) is 113 Å². The molecule has 0 atom stereocenters. The molecule has 0 bridgehead atoms. The minimum Gasteiger partial charge on any atom is -0.264 e. The van der Waals surface area contributed by atoms with Crippen molar-refractivity contribution in [1.82, 2.24) is 34.9 Å². The van der Waals surface area contributed by atoms with Gasteiger partial charge in [-0.1, -0.05) is 194 Å². The Labute approximate surface area is 383 Å². The summed E-state index contributed by atoms with van der Waals surface area (Å²) in [5.41, 5.74) is 15.4. The molecule has 0 aliphatic carbocycles. The van der Waals surface area contributed by atoms with Crippen LogP contribution >= 0.6 is 0 Å². The highest BCUT2D eigenvalue weighted by Gasteiger charge is 2.21. The van der Waals surface area contributed by atoms with E-state index in [0.717, 1.165) is 89.4 Å². The topological polar surface area (TPSA) is 90.2 Å². The summed E-state index contributed by atoms with van der Waals surface area (Å²) in [7, 11) is 0. The van der Waals surface area contributed by atoms with Gasteiger partial charge in [0.25, 0.3) is 0 Å². The summed E-state index contributed by atoms with van der Waals surface area (Å²) in [5, 5.41) is 0. The maximum Gasteiger partial charge on any atom is 0.164 e. The highest BCUT2D eigenvalue weighted by atomic mass is 15.0. The number of benzene rings is 7. The highest BCUT2D eigenvalue weighted by molar-refractivity contribution is 5.97. The van der Waals surface area contributed by atoms with Crippen LogP contribution in [0.2, 0.25) is 0 Å². The largest absolute Gasteiger partial charge is 0.264 e. The van der Waals surface area contributed by atoms with Gasteiger partial charge in [0.05, 0.1) is 17.1 Å². The van der Waals surface area contributed by atoms with Crippen LogP contribution in [0, 0.1) is 0 Å². The SMILES string of the molecule is c1ccc(-c2cc(-c3ccc(-c4c(-c5ccccn5)cccc4-c4ccccc4-c4nc(-c5ccccc5)nc(-c5ccccc5)n4)cc3)nc(-c3ccc(-c4cccnc4)cc3)n2)cc1. The molecule has 0 saturated carbocycles. The van der Waals surface area contributed by atoms with Crippen molar-refractivity contribution in [2.45, 2.75) is 0 Å². The van der Waals surface area contributed by atoms with Crippen LogP contribution < -0.4 is 0 Å². The minimum absolute atomic E-state index is 0.586. The molecule has 66 heavy (non-hydrogen) atoms. The fourth-order valence-electron chi connectivity index (χ4n) is 8.30. The van der Waals surface area contributed by atoms with Crippen LogP contribution in [0.4, 0.5) is 0 Å². The molecule has 11 rings (SSSR count). The minimum atomic E-state index is 0.586. The van der Waals surface area contributed by atoms with Gasteiger partial charge in [-0.15, -0.1) is 0 Å². The standard InChI is InChI=1S/C59H39N7/c1-4-16-41(17-5-1)53-38-54(63-56(62-53)46-34-28-40(29-35-46)47-22-15-36-60-39-47)42-30-32-43(33-31-42)55-49(25-14-26-51(55)52-27-12-13-37-61-52)48-23-10-11-24-50(48)59-65-57(44-18-6-2-7-19-44)64-58(66-59)45-20-8-3-9-21-45/h1-39H. The zero-order valence-electron chi connectivity index (χ0n) is 35.6. The molecule has 7 heteroatoms. The van der Waals surface area contributed by atoms with Crippen LogP contribution in [0.1, 0.15) is 0 Å². The van der Waals surface area contributed by atoms with Crippen LogP contribution in [-0.4, -0.2) is 34.9 Å². The zero-order valence-corrected chi connectivity index (χ0v) is 35.6. The maximum atomic E-state index is 5.19. The molecule has 0 aliphatic heterocycles. The van der Waals surface area contributed by atoms with Crippen molar-refractivity contribution in [2.75, 3.05) is 0 Å². The molecule has 0 aliphatic rings. The first-order chi connectivity index (χ1) is 32.7. The second-order valence-electron chi connectivity index (χ2n) is 15.8.